The maximum absolute atomic E-state index is 13.3. The van der Waals surface area contributed by atoms with E-state index in [9.17, 15) is 18.0 Å². The molecule has 1 atom stereocenters. The van der Waals surface area contributed by atoms with Gasteiger partial charge >= 0.3 is 6.18 Å². The highest BCUT2D eigenvalue weighted by Gasteiger charge is 2.33. The minimum absolute atomic E-state index is 0.360. The lowest BCUT2D eigenvalue weighted by atomic mass is 10.1. The zero-order valence-electron chi connectivity index (χ0n) is 16.3. The average Bonchev–Trinajstić information content (AvgIpc) is 2.72. The Balaban J connectivity index is 1.53. The lowest BCUT2D eigenvalue weighted by Crippen LogP contribution is -2.56. The van der Waals surface area contributed by atoms with Crippen LogP contribution in [0, 0.1) is 0 Å². The molecule has 0 saturated carbocycles. The van der Waals surface area contributed by atoms with Crippen LogP contribution in [0.15, 0.2) is 52.3 Å². The van der Waals surface area contributed by atoms with Crippen molar-refractivity contribution >= 4 is 29.0 Å². The largest absolute Gasteiger partial charge is 0.416 e. The Labute approximate surface area is 177 Å². The van der Waals surface area contributed by atoms with Gasteiger partial charge in [-0.25, -0.2) is 0 Å². The first-order valence-corrected chi connectivity index (χ1v) is 10.7. The van der Waals surface area contributed by atoms with Crippen molar-refractivity contribution in [2.75, 3.05) is 37.6 Å². The summed E-state index contributed by atoms with van der Waals surface area (Å²) in [6.07, 6.45) is -3.63. The highest BCUT2D eigenvalue weighted by atomic mass is 32.2. The Kier molecular flexibility index (Phi) is 5.95. The molecule has 0 aliphatic carbocycles. The number of carbonyl (C=O) groups excluding carboxylic acids is 1. The van der Waals surface area contributed by atoms with Crippen molar-refractivity contribution in [1.82, 2.24) is 10.2 Å². The second-order valence-corrected chi connectivity index (χ2v) is 8.55. The molecule has 0 radical (unpaired) electrons. The Morgan fingerprint density at radius 3 is 2.67 bits per heavy atom. The smallest absolute Gasteiger partial charge is 0.368 e. The number of nitrogens with one attached hydrogen (secondary N) is 1. The molecule has 3 N–H and O–H groups in total. The lowest BCUT2D eigenvalue weighted by molar-refractivity contribution is -0.137. The van der Waals surface area contributed by atoms with Crippen LogP contribution in [0.1, 0.15) is 12.0 Å². The van der Waals surface area contributed by atoms with Crippen LogP contribution < -0.4 is 16.0 Å². The van der Waals surface area contributed by atoms with Crippen molar-refractivity contribution in [3.8, 4) is 0 Å². The minimum atomic E-state index is -4.38. The van der Waals surface area contributed by atoms with Gasteiger partial charge in [-0.1, -0.05) is 23.9 Å². The molecule has 4 rings (SSSR count). The number of hydrogen-bond acceptors (Lipinski definition) is 5. The van der Waals surface area contributed by atoms with Gasteiger partial charge < -0.3 is 16.0 Å². The molecular weight excluding hydrogens is 413 g/mol. The first-order chi connectivity index (χ1) is 14.3. The van der Waals surface area contributed by atoms with E-state index >= 15 is 0 Å². The zero-order chi connectivity index (χ0) is 21.3. The molecule has 5 nitrogen and oxygen atoms in total. The summed E-state index contributed by atoms with van der Waals surface area (Å²) in [4.78, 5) is 17.4. The second kappa shape index (κ2) is 8.49. The van der Waals surface area contributed by atoms with Crippen molar-refractivity contribution < 1.29 is 18.0 Å². The van der Waals surface area contributed by atoms with Crippen molar-refractivity contribution in [2.24, 2.45) is 5.73 Å². The molecule has 2 aliphatic heterocycles. The Bertz CT molecular complexity index is 937. The van der Waals surface area contributed by atoms with E-state index in [2.05, 4.69) is 10.2 Å². The van der Waals surface area contributed by atoms with Gasteiger partial charge in [0.05, 0.1) is 23.0 Å². The summed E-state index contributed by atoms with van der Waals surface area (Å²) in [7, 11) is 0. The quantitative estimate of drug-likeness (QED) is 0.752. The fourth-order valence-corrected chi connectivity index (χ4v) is 4.98. The molecule has 2 aromatic carbocycles. The van der Waals surface area contributed by atoms with Crippen molar-refractivity contribution in [2.45, 2.75) is 28.4 Å². The molecule has 160 valence electrons. The molecule has 9 heteroatoms. The van der Waals surface area contributed by atoms with Crippen LogP contribution in [0.5, 0.6) is 0 Å². The van der Waals surface area contributed by atoms with Crippen LogP contribution in [-0.2, 0) is 11.0 Å². The fourth-order valence-electron chi connectivity index (χ4n) is 3.90. The van der Waals surface area contributed by atoms with Gasteiger partial charge in [0, 0.05) is 36.0 Å². The van der Waals surface area contributed by atoms with Gasteiger partial charge in [0.2, 0.25) is 5.91 Å². The van der Waals surface area contributed by atoms with E-state index in [1.807, 2.05) is 29.2 Å². The lowest BCUT2D eigenvalue weighted by Gasteiger charge is -2.35. The highest BCUT2D eigenvalue weighted by Crippen LogP contribution is 2.49. The molecule has 0 spiro atoms. The zero-order valence-corrected chi connectivity index (χ0v) is 17.1. The van der Waals surface area contributed by atoms with E-state index in [4.69, 9.17) is 5.73 Å². The van der Waals surface area contributed by atoms with Gasteiger partial charge in [-0.05, 0) is 43.3 Å². The summed E-state index contributed by atoms with van der Waals surface area (Å²) in [5.74, 6) is -0.365. The van der Waals surface area contributed by atoms with Crippen LogP contribution in [0.2, 0.25) is 0 Å². The number of rotatable bonds is 5. The van der Waals surface area contributed by atoms with Crippen LogP contribution >= 0.6 is 11.8 Å². The SMILES string of the molecule is NC(=O)C1CN(CCCN2c3ccccc3Sc3ccc(C(F)(F)F)cc32)CCN1. The van der Waals surface area contributed by atoms with E-state index in [-0.39, 0.29) is 11.9 Å². The van der Waals surface area contributed by atoms with Gasteiger partial charge in [-0.15, -0.1) is 0 Å². The van der Waals surface area contributed by atoms with Crippen LogP contribution in [0.3, 0.4) is 0 Å². The maximum atomic E-state index is 13.3. The predicted octanol–water partition coefficient (Wildman–Crippen LogP) is 3.46. The van der Waals surface area contributed by atoms with E-state index in [1.165, 1.54) is 17.8 Å². The van der Waals surface area contributed by atoms with Gasteiger partial charge in [-0.2, -0.15) is 13.2 Å². The first kappa shape index (κ1) is 21.0. The number of carbonyl (C=O) groups is 1. The number of hydrogen-bond donors (Lipinski definition) is 2. The molecular formula is C21H23F3N4OS. The topological polar surface area (TPSA) is 61.6 Å². The summed E-state index contributed by atoms with van der Waals surface area (Å²) in [6.45, 7) is 3.37. The van der Waals surface area contributed by atoms with Crippen molar-refractivity contribution in [1.29, 1.82) is 0 Å². The number of primary amides is 1. The summed E-state index contributed by atoms with van der Waals surface area (Å²) >= 11 is 1.49. The number of halogens is 3. The van der Waals surface area contributed by atoms with Crippen molar-refractivity contribution in [3.63, 3.8) is 0 Å². The molecule has 2 aliphatic rings. The summed E-state index contributed by atoms with van der Waals surface area (Å²) in [6, 6.07) is 11.3. The number of amides is 1. The summed E-state index contributed by atoms with van der Waals surface area (Å²) in [5, 5.41) is 3.10. The number of alkyl halides is 3. The minimum Gasteiger partial charge on any atom is -0.368 e. The summed E-state index contributed by atoms with van der Waals surface area (Å²) < 4.78 is 39.9. The number of para-hydroxylation sites is 1. The predicted molar refractivity (Wildman–Crippen MR) is 111 cm³/mol. The van der Waals surface area contributed by atoms with E-state index in [0.717, 1.165) is 41.1 Å². The summed E-state index contributed by atoms with van der Waals surface area (Å²) in [5.41, 5.74) is 6.27. The molecule has 1 amide bonds. The highest BCUT2D eigenvalue weighted by molar-refractivity contribution is 7.99. The van der Waals surface area contributed by atoms with E-state index in [0.29, 0.717) is 25.3 Å². The molecule has 1 unspecified atom stereocenters. The van der Waals surface area contributed by atoms with Crippen LogP contribution in [-0.4, -0.2) is 49.6 Å². The first-order valence-electron chi connectivity index (χ1n) is 9.83. The van der Waals surface area contributed by atoms with Gasteiger partial charge in [-0.3, -0.25) is 9.69 Å². The van der Waals surface area contributed by atoms with E-state index < -0.39 is 11.7 Å². The number of piperazine rings is 1. The Morgan fingerprint density at radius 2 is 1.90 bits per heavy atom. The second-order valence-electron chi connectivity index (χ2n) is 7.46. The third-order valence-electron chi connectivity index (χ3n) is 5.41. The maximum Gasteiger partial charge on any atom is 0.416 e. The van der Waals surface area contributed by atoms with Gasteiger partial charge in [0.25, 0.3) is 0 Å². The standard InChI is InChI=1S/C21H23F3N4OS/c22-21(23,24)14-6-7-19-17(12-14)28(16-4-1-2-5-18(16)30-19)10-3-9-27-11-8-26-15(13-27)20(25)29/h1-2,4-7,12,15,26H,3,8-11,13H2,(H2,25,29). The number of nitrogens with two attached hydrogens (primary N) is 1. The monoisotopic (exact) mass is 436 g/mol. The Hall–Kier alpha value is -2.23. The third kappa shape index (κ3) is 4.43. The number of benzene rings is 2. The Morgan fingerprint density at radius 1 is 1.13 bits per heavy atom. The number of fused-ring (bicyclic) bond motifs is 2. The molecule has 0 aromatic heterocycles. The molecule has 1 saturated heterocycles. The molecule has 30 heavy (non-hydrogen) atoms. The number of anilines is 2. The third-order valence-corrected chi connectivity index (χ3v) is 6.54. The molecule has 0 bridgehead atoms. The van der Waals surface area contributed by atoms with E-state index in [1.54, 1.807) is 6.07 Å². The van der Waals surface area contributed by atoms with Crippen LogP contribution in [0.4, 0.5) is 24.5 Å². The fraction of sp³-hybridized carbons (Fsp3) is 0.381. The molecule has 1 fully saturated rings. The normalized spacial score (nSPS) is 19.3. The van der Waals surface area contributed by atoms with Gasteiger partial charge in [0.15, 0.2) is 0 Å². The van der Waals surface area contributed by atoms with Gasteiger partial charge in [0.1, 0.15) is 0 Å². The molecule has 2 aromatic rings. The number of nitrogens with zero attached hydrogens (tertiary/aromatic N) is 2. The average molecular weight is 437 g/mol. The van der Waals surface area contributed by atoms with Crippen molar-refractivity contribution in [3.05, 3.63) is 48.0 Å². The van der Waals surface area contributed by atoms with Crippen LogP contribution in [0.25, 0.3) is 0 Å². The molecule has 2 heterocycles.